The van der Waals surface area contributed by atoms with Crippen LogP contribution in [0.15, 0.2) is 35.2 Å². The summed E-state index contributed by atoms with van der Waals surface area (Å²) in [5.74, 6) is 0.889. The second-order valence-electron chi connectivity index (χ2n) is 5.10. The Bertz CT molecular complexity index is 546. The van der Waals surface area contributed by atoms with Gasteiger partial charge in [-0.3, -0.25) is 10.00 Å². The van der Waals surface area contributed by atoms with Crippen LogP contribution in [0, 0.1) is 0 Å². The fourth-order valence-electron chi connectivity index (χ4n) is 2.63. The lowest BCUT2D eigenvalue weighted by Crippen LogP contribution is -2.38. The van der Waals surface area contributed by atoms with Gasteiger partial charge in [0, 0.05) is 12.7 Å². The van der Waals surface area contributed by atoms with Crippen molar-refractivity contribution >= 4 is 11.7 Å². The number of hydrogen-bond donors (Lipinski definition) is 3. The minimum atomic E-state index is -0.243. The van der Waals surface area contributed by atoms with E-state index in [9.17, 15) is 4.79 Å². The van der Waals surface area contributed by atoms with Gasteiger partial charge in [0.25, 0.3) is 0 Å². The molecule has 1 atom stereocenters. The molecule has 1 fully saturated rings. The monoisotopic (exact) mass is 289 g/mol. The Morgan fingerprint density at radius 1 is 1.48 bits per heavy atom. The first-order valence-corrected chi connectivity index (χ1v) is 7.14. The van der Waals surface area contributed by atoms with Gasteiger partial charge >= 0.3 is 6.03 Å². The fourth-order valence-corrected chi connectivity index (χ4v) is 2.63. The number of amides is 2. The van der Waals surface area contributed by atoms with Crippen molar-refractivity contribution in [2.45, 2.75) is 18.9 Å². The highest BCUT2D eigenvalue weighted by Crippen LogP contribution is 2.24. The molecule has 0 bridgehead atoms. The molecule has 7 heteroatoms. The normalized spacial score (nSPS) is 16.8. The standard InChI is InChI=1S/C14H19N5O2/c20-14(18-11-8-16-17-9-11)15-10-12(13-4-3-7-21-13)19-5-1-2-6-19/h3-4,7-9,12H,1-2,5-6,10H2,(H,16,17)(H2,15,18,20)/t12-/m0/s1. The Labute approximate surface area is 122 Å². The maximum atomic E-state index is 11.9. The first kappa shape index (κ1) is 13.7. The summed E-state index contributed by atoms with van der Waals surface area (Å²) in [7, 11) is 0. The Morgan fingerprint density at radius 3 is 3.00 bits per heavy atom. The van der Waals surface area contributed by atoms with E-state index in [0.717, 1.165) is 18.8 Å². The van der Waals surface area contributed by atoms with Crippen LogP contribution in [0.5, 0.6) is 0 Å². The van der Waals surface area contributed by atoms with E-state index in [1.807, 2.05) is 12.1 Å². The number of carbonyl (C=O) groups excluding carboxylic acids is 1. The highest BCUT2D eigenvalue weighted by Gasteiger charge is 2.25. The predicted molar refractivity (Wildman–Crippen MR) is 77.9 cm³/mol. The number of aromatic nitrogens is 2. The molecule has 0 spiro atoms. The van der Waals surface area contributed by atoms with E-state index < -0.39 is 0 Å². The van der Waals surface area contributed by atoms with E-state index in [-0.39, 0.29) is 12.1 Å². The molecule has 0 aliphatic carbocycles. The maximum Gasteiger partial charge on any atom is 0.319 e. The third-order valence-electron chi connectivity index (χ3n) is 3.67. The van der Waals surface area contributed by atoms with E-state index in [2.05, 4.69) is 25.7 Å². The average Bonchev–Trinajstić information content (AvgIpc) is 3.23. The second kappa shape index (κ2) is 6.45. The summed E-state index contributed by atoms with van der Waals surface area (Å²) in [5, 5.41) is 12.0. The molecule has 1 saturated heterocycles. The summed E-state index contributed by atoms with van der Waals surface area (Å²) in [5.41, 5.74) is 0.642. The van der Waals surface area contributed by atoms with Gasteiger partial charge in [-0.15, -0.1) is 0 Å². The van der Waals surface area contributed by atoms with Crippen LogP contribution in [0.1, 0.15) is 24.6 Å². The molecule has 0 saturated carbocycles. The van der Waals surface area contributed by atoms with Crippen molar-refractivity contribution < 1.29 is 9.21 Å². The van der Waals surface area contributed by atoms with Crippen LogP contribution in [0.2, 0.25) is 0 Å². The number of nitrogens with one attached hydrogen (secondary N) is 3. The molecule has 3 rings (SSSR count). The number of nitrogens with zero attached hydrogens (tertiary/aromatic N) is 2. The molecule has 112 valence electrons. The van der Waals surface area contributed by atoms with Gasteiger partial charge in [-0.25, -0.2) is 4.79 Å². The van der Waals surface area contributed by atoms with E-state index in [4.69, 9.17) is 4.42 Å². The molecule has 2 aromatic rings. The number of carbonyl (C=O) groups is 1. The molecular weight excluding hydrogens is 270 g/mol. The number of furan rings is 1. The van der Waals surface area contributed by atoms with Gasteiger partial charge in [-0.05, 0) is 38.1 Å². The zero-order chi connectivity index (χ0) is 14.5. The Kier molecular flexibility index (Phi) is 4.20. The summed E-state index contributed by atoms with van der Waals surface area (Å²) in [6.45, 7) is 2.59. The smallest absolute Gasteiger partial charge is 0.319 e. The molecule has 3 N–H and O–H groups in total. The number of anilines is 1. The van der Waals surface area contributed by atoms with Gasteiger partial charge in [-0.1, -0.05) is 0 Å². The molecule has 0 unspecified atom stereocenters. The number of rotatable bonds is 5. The Morgan fingerprint density at radius 2 is 2.33 bits per heavy atom. The van der Waals surface area contributed by atoms with E-state index in [1.165, 1.54) is 12.8 Å². The van der Waals surface area contributed by atoms with Crippen LogP contribution in [-0.4, -0.2) is 40.8 Å². The Balaban J connectivity index is 1.58. The number of H-pyrrole nitrogens is 1. The van der Waals surface area contributed by atoms with Crippen molar-refractivity contribution in [3.8, 4) is 0 Å². The number of urea groups is 1. The summed E-state index contributed by atoms with van der Waals surface area (Å²) >= 11 is 0. The van der Waals surface area contributed by atoms with Gasteiger partial charge in [0.2, 0.25) is 0 Å². The molecule has 1 aliphatic heterocycles. The largest absolute Gasteiger partial charge is 0.468 e. The van der Waals surface area contributed by atoms with Crippen LogP contribution >= 0.6 is 0 Å². The maximum absolute atomic E-state index is 11.9. The minimum Gasteiger partial charge on any atom is -0.468 e. The lowest BCUT2D eigenvalue weighted by Gasteiger charge is -2.25. The van der Waals surface area contributed by atoms with Gasteiger partial charge in [0.15, 0.2) is 0 Å². The summed E-state index contributed by atoms with van der Waals surface area (Å²) in [4.78, 5) is 14.2. The van der Waals surface area contributed by atoms with Crippen molar-refractivity contribution in [3.05, 3.63) is 36.5 Å². The number of likely N-dealkylation sites (tertiary alicyclic amines) is 1. The van der Waals surface area contributed by atoms with Crippen molar-refractivity contribution in [1.29, 1.82) is 0 Å². The topological polar surface area (TPSA) is 86.2 Å². The average molecular weight is 289 g/mol. The molecule has 7 nitrogen and oxygen atoms in total. The molecule has 2 amide bonds. The van der Waals surface area contributed by atoms with Crippen LogP contribution < -0.4 is 10.6 Å². The van der Waals surface area contributed by atoms with Gasteiger partial charge in [-0.2, -0.15) is 5.10 Å². The van der Waals surface area contributed by atoms with Crippen molar-refractivity contribution in [3.63, 3.8) is 0 Å². The molecule has 1 aliphatic rings. The third-order valence-corrected chi connectivity index (χ3v) is 3.67. The van der Waals surface area contributed by atoms with E-state index >= 15 is 0 Å². The van der Waals surface area contributed by atoms with Crippen LogP contribution in [0.4, 0.5) is 10.5 Å². The van der Waals surface area contributed by atoms with E-state index in [1.54, 1.807) is 18.7 Å². The first-order chi connectivity index (χ1) is 10.3. The minimum absolute atomic E-state index is 0.0811. The van der Waals surface area contributed by atoms with E-state index in [0.29, 0.717) is 12.2 Å². The molecule has 21 heavy (non-hydrogen) atoms. The quantitative estimate of drug-likeness (QED) is 0.785. The molecule has 0 aromatic carbocycles. The molecule has 2 aromatic heterocycles. The number of hydrogen-bond acceptors (Lipinski definition) is 4. The zero-order valence-corrected chi connectivity index (χ0v) is 11.7. The fraction of sp³-hybridized carbons (Fsp3) is 0.429. The predicted octanol–water partition coefficient (Wildman–Crippen LogP) is 1.96. The lowest BCUT2D eigenvalue weighted by molar-refractivity contribution is 0.207. The summed E-state index contributed by atoms with van der Waals surface area (Å²) in [6.07, 6.45) is 7.24. The third kappa shape index (κ3) is 3.43. The van der Waals surface area contributed by atoms with Gasteiger partial charge < -0.3 is 15.1 Å². The van der Waals surface area contributed by atoms with Crippen molar-refractivity contribution in [1.82, 2.24) is 20.4 Å². The van der Waals surface area contributed by atoms with Crippen LogP contribution in [-0.2, 0) is 0 Å². The van der Waals surface area contributed by atoms with Crippen LogP contribution in [0.25, 0.3) is 0 Å². The zero-order valence-electron chi connectivity index (χ0n) is 11.7. The van der Waals surface area contributed by atoms with Crippen molar-refractivity contribution in [2.24, 2.45) is 0 Å². The molecular formula is C14H19N5O2. The van der Waals surface area contributed by atoms with Gasteiger partial charge in [0.05, 0.1) is 24.2 Å². The van der Waals surface area contributed by atoms with Crippen molar-refractivity contribution in [2.75, 3.05) is 25.0 Å². The molecule has 3 heterocycles. The highest BCUT2D eigenvalue weighted by atomic mass is 16.3. The number of aromatic amines is 1. The molecule has 0 radical (unpaired) electrons. The lowest BCUT2D eigenvalue weighted by atomic mass is 10.2. The Hall–Kier alpha value is -2.28. The SMILES string of the molecule is O=C(NC[C@@H](c1ccco1)N1CCCC1)Nc1cn[nH]c1. The van der Waals surface area contributed by atoms with Gasteiger partial charge in [0.1, 0.15) is 5.76 Å². The first-order valence-electron chi connectivity index (χ1n) is 7.14. The summed E-state index contributed by atoms with van der Waals surface area (Å²) < 4.78 is 5.52. The highest BCUT2D eigenvalue weighted by molar-refractivity contribution is 5.88. The van der Waals surface area contributed by atoms with Crippen LogP contribution in [0.3, 0.4) is 0 Å². The second-order valence-corrected chi connectivity index (χ2v) is 5.10. The summed E-state index contributed by atoms with van der Waals surface area (Å²) in [6, 6.07) is 3.67.